The Bertz CT molecular complexity index is 1020. The first-order chi connectivity index (χ1) is 14.0. The van der Waals surface area contributed by atoms with E-state index in [2.05, 4.69) is 21.9 Å². The monoisotopic (exact) mass is 429 g/mol. The molecule has 8 nitrogen and oxygen atoms in total. The summed E-state index contributed by atoms with van der Waals surface area (Å²) in [6, 6.07) is 15.4. The van der Waals surface area contributed by atoms with Gasteiger partial charge in [0.1, 0.15) is 0 Å². The molecule has 0 aromatic heterocycles. The van der Waals surface area contributed by atoms with Crippen molar-refractivity contribution in [1.82, 2.24) is 9.73 Å². The van der Waals surface area contributed by atoms with Crippen LogP contribution in [-0.2, 0) is 14.8 Å². The Kier molecular flexibility index (Phi) is 6.90. The van der Waals surface area contributed by atoms with Crippen LogP contribution in [0.25, 0.3) is 0 Å². The number of nitrogens with one attached hydrogen (secondary N) is 2. The Hall–Kier alpha value is -2.84. The zero-order chi connectivity index (χ0) is 20.7. The summed E-state index contributed by atoms with van der Waals surface area (Å²) in [7, 11) is -3.52. The van der Waals surface area contributed by atoms with Crippen LogP contribution in [0, 0.1) is 11.3 Å². The molecule has 0 atom stereocenters. The van der Waals surface area contributed by atoms with Crippen molar-refractivity contribution in [3.63, 3.8) is 0 Å². The highest BCUT2D eigenvalue weighted by atomic mass is 32.2. The van der Waals surface area contributed by atoms with Crippen LogP contribution in [0.3, 0.4) is 0 Å². The second-order valence-electron chi connectivity index (χ2n) is 6.10. The molecule has 0 saturated carbocycles. The maximum absolute atomic E-state index is 12.6. The molecule has 10 heteroatoms. The predicted molar refractivity (Wildman–Crippen MR) is 114 cm³/mol. The zero-order valence-electron chi connectivity index (χ0n) is 15.4. The summed E-state index contributed by atoms with van der Waals surface area (Å²) >= 11 is 5.18. The SMILES string of the molecule is N#Cc1ccc(/C=N/NC(=S)Nc2ccc(S(=O)(=O)N3CCOCC3)cc2)cc1. The number of morpholine rings is 1. The maximum Gasteiger partial charge on any atom is 0.243 e. The van der Waals surface area contributed by atoms with Gasteiger partial charge >= 0.3 is 0 Å². The molecule has 150 valence electrons. The molecule has 1 aliphatic heterocycles. The topological polar surface area (TPSA) is 107 Å². The molecule has 2 aromatic carbocycles. The first kappa shape index (κ1) is 20.9. The summed E-state index contributed by atoms with van der Waals surface area (Å²) in [4.78, 5) is 0.225. The molecule has 0 amide bonds. The first-order valence-electron chi connectivity index (χ1n) is 8.77. The quantitative estimate of drug-likeness (QED) is 0.425. The lowest BCUT2D eigenvalue weighted by molar-refractivity contribution is 0.0730. The van der Waals surface area contributed by atoms with Gasteiger partial charge in [-0.2, -0.15) is 14.7 Å². The average Bonchev–Trinajstić information content (AvgIpc) is 2.75. The molecule has 29 heavy (non-hydrogen) atoms. The van der Waals surface area contributed by atoms with E-state index in [9.17, 15) is 8.42 Å². The number of hydrogen-bond acceptors (Lipinski definition) is 6. The molecule has 0 bridgehead atoms. The summed E-state index contributed by atoms with van der Waals surface area (Å²) in [6.07, 6.45) is 1.58. The van der Waals surface area contributed by atoms with Crippen molar-refractivity contribution in [2.24, 2.45) is 5.10 Å². The summed E-state index contributed by atoms with van der Waals surface area (Å²) < 4.78 is 31.8. The lowest BCUT2D eigenvalue weighted by Crippen LogP contribution is -2.40. The molecule has 1 heterocycles. The van der Waals surface area contributed by atoms with Crippen LogP contribution < -0.4 is 10.7 Å². The number of rotatable bonds is 5. The van der Waals surface area contributed by atoms with Crippen molar-refractivity contribution in [1.29, 1.82) is 5.26 Å². The molecular weight excluding hydrogens is 410 g/mol. The highest BCUT2D eigenvalue weighted by molar-refractivity contribution is 7.89. The molecule has 1 aliphatic rings. The third kappa shape index (κ3) is 5.58. The van der Waals surface area contributed by atoms with Gasteiger partial charge in [0.2, 0.25) is 10.0 Å². The fraction of sp³-hybridized carbons (Fsp3) is 0.211. The third-order valence-electron chi connectivity index (χ3n) is 4.14. The molecule has 0 spiro atoms. The number of benzene rings is 2. The minimum atomic E-state index is -3.52. The van der Waals surface area contributed by atoms with Gasteiger partial charge in [-0.25, -0.2) is 8.42 Å². The second kappa shape index (κ2) is 9.58. The predicted octanol–water partition coefficient (Wildman–Crippen LogP) is 1.90. The van der Waals surface area contributed by atoms with Crippen LogP contribution >= 0.6 is 12.2 Å². The van der Waals surface area contributed by atoms with Gasteiger partial charge in [-0.1, -0.05) is 12.1 Å². The van der Waals surface area contributed by atoms with Gasteiger partial charge in [0.05, 0.1) is 36.0 Å². The Morgan fingerprint density at radius 1 is 1.14 bits per heavy atom. The van der Waals surface area contributed by atoms with E-state index in [1.807, 2.05) is 0 Å². The van der Waals surface area contributed by atoms with Gasteiger partial charge in [0, 0.05) is 18.8 Å². The number of ether oxygens (including phenoxy) is 1. The van der Waals surface area contributed by atoms with E-state index in [4.69, 9.17) is 22.2 Å². The summed E-state index contributed by atoms with van der Waals surface area (Å²) in [5, 5.41) is 16.0. The van der Waals surface area contributed by atoms with Gasteiger partial charge in [-0.3, -0.25) is 5.43 Å². The lowest BCUT2D eigenvalue weighted by atomic mass is 10.2. The zero-order valence-corrected chi connectivity index (χ0v) is 17.0. The minimum Gasteiger partial charge on any atom is -0.379 e. The summed E-state index contributed by atoms with van der Waals surface area (Å²) in [6.45, 7) is 1.52. The molecule has 0 unspecified atom stereocenters. The number of hydrazone groups is 1. The fourth-order valence-corrected chi connectivity index (χ4v) is 4.19. The van der Waals surface area contributed by atoms with Crippen LogP contribution in [0.5, 0.6) is 0 Å². The highest BCUT2D eigenvalue weighted by Gasteiger charge is 2.26. The van der Waals surface area contributed by atoms with Crippen LogP contribution in [0.4, 0.5) is 5.69 Å². The first-order valence-corrected chi connectivity index (χ1v) is 10.6. The molecule has 3 rings (SSSR count). The lowest BCUT2D eigenvalue weighted by Gasteiger charge is -2.26. The Morgan fingerprint density at radius 3 is 2.41 bits per heavy atom. The Balaban J connectivity index is 1.55. The van der Waals surface area contributed by atoms with E-state index in [0.29, 0.717) is 37.6 Å². The van der Waals surface area contributed by atoms with Crippen LogP contribution in [0.2, 0.25) is 0 Å². The maximum atomic E-state index is 12.6. The van der Waals surface area contributed by atoms with E-state index >= 15 is 0 Å². The standard InChI is InChI=1S/C19H19N5O3S2/c20-13-15-1-3-16(4-2-15)14-21-23-19(28)22-17-5-7-18(8-6-17)29(25,26)24-9-11-27-12-10-24/h1-8,14H,9-12H2,(H2,22,23,28)/b21-14+. The van der Waals surface area contributed by atoms with E-state index in [1.54, 1.807) is 42.6 Å². The second-order valence-corrected chi connectivity index (χ2v) is 8.44. The third-order valence-corrected chi connectivity index (χ3v) is 6.25. The number of nitrogens with zero attached hydrogens (tertiary/aromatic N) is 3. The summed E-state index contributed by atoms with van der Waals surface area (Å²) in [5.74, 6) is 0. The molecule has 1 fully saturated rings. The van der Waals surface area contributed by atoms with Gasteiger partial charge in [-0.15, -0.1) is 0 Å². The largest absolute Gasteiger partial charge is 0.379 e. The molecule has 2 N–H and O–H groups in total. The van der Waals surface area contributed by atoms with E-state index < -0.39 is 10.0 Å². The number of sulfonamides is 1. The van der Waals surface area contributed by atoms with E-state index in [1.165, 1.54) is 16.4 Å². The highest BCUT2D eigenvalue weighted by Crippen LogP contribution is 2.19. The van der Waals surface area contributed by atoms with Gasteiger partial charge in [0.15, 0.2) is 5.11 Å². The van der Waals surface area contributed by atoms with Gasteiger partial charge < -0.3 is 10.1 Å². The van der Waals surface area contributed by atoms with Crippen molar-refractivity contribution >= 4 is 39.3 Å². The number of hydrogen-bond donors (Lipinski definition) is 2. The Labute approximate surface area is 174 Å². The van der Waals surface area contributed by atoms with Crippen LogP contribution in [0.1, 0.15) is 11.1 Å². The van der Waals surface area contributed by atoms with Gasteiger partial charge in [0.25, 0.3) is 0 Å². The number of anilines is 1. The van der Waals surface area contributed by atoms with Crippen LogP contribution in [0.15, 0.2) is 58.5 Å². The Morgan fingerprint density at radius 2 is 1.79 bits per heavy atom. The molecular formula is C19H19N5O3S2. The van der Waals surface area contributed by atoms with Crippen molar-refractivity contribution in [2.45, 2.75) is 4.90 Å². The fourth-order valence-electron chi connectivity index (χ4n) is 2.61. The molecule has 0 aliphatic carbocycles. The molecule has 1 saturated heterocycles. The number of thiocarbonyl (C=S) groups is 1. The van der Waals surface area contributed by atoms with Gasteiger partial charge in [-0.05, 0) is 54.2 Å². The smallest absolute Gasteiger partial charge is 0.243 e. The van der Waals surface area contributed by atoms with Crippen molar-refractivity contribution in [2.75, 3.05) is 31.6 Å². The average molecular weight is 430 g/mol. The van der Waals surface area contributed by atoms with Crippen molar-refractivity contribution < 1.29 is 13.2 Å². The minimum absolute atomic E-state index is 0.225. The number of nitriles is 1. The molecule has 2 aromatic rings. The van der Waals surface area contributed by atoms with Crippen molar-refractivity contribution in [3.8, 4) is 6.07 Å². The van der Waals surface area contributed by atoms with Crippen LogP contribution in [-0.4, -0.2) is 50.4 Å². The normalized spacial score (nSPS) is 15.0. The summed E-state index contributed by atoms with van der Waals surface area (Å²) in [5.41, 5.74) is 4.72. The molecule has 0 radical (unpaired) electrons. The van der Waals surface area contributed by atoms with E-state index in [0.717, 1.165) is 5.56 Å². The van der Waals surface area contributed by atoms with Crippen molar-refractivity contribution in [3.05, 3.63) is 59.7 Å². The van der Waals surface area contributed by atoms with E-state index in [-0.39, 0.29) is 10.0 Å².